The Morgan fingerprint density at radius 2 is 1.96 bits per heavy atom. The number of aliphatic hydroxyl groups excluding tert-OH is 1. The van der Waals surface area contributed by atoms with E-state index >= 15 is 0 Å². The van der Waals surface area contributed by atoms with Gasteiger partial charge in [0.2, 0.25) is 0 Å². The summed E-state index contributed by atoms with van der Waals surface area (Å²) in [6.07, 6.45) is -3.04. The first-order chi connectivity index (χ1) is 12.8. The third kappa shape index (κ3) is 3.61. The van der Waals surface area contributed by atoms with Gasteiger partial charge in [-0.2, -0.15) is 4.98 Å². The molecule has 146 valence electrons. The highest BCUT2D eigenvalue weighted by molar-refractivity contribution is 6.30. The van der Waals surface area contributed by atoms with E-state index in [1.165, 1.54) is 12.3 Å². The van der Waals surface area contributed by atoms with E-state index in [1.807, 2.05) is 0 Å². The molecule has 12 heteroatoms. The number of esters is 2. The first-order valence-corrected chi connectivity index (χ1v) is 8.05. The van der Waals surface area contributed by atoms with Gasteiger partial charge in [-0.15, -0.1) is 0 Å². The monoisotopic (exact) mass is 383 g/mol. The Labute approximate surface area is 151 Å². The van der Waals surface area contributed by atoms with Gasteiger partial charge in [-0.3, -0.25) is 4.57 Å². The molecule has 12 nitrogen and oxygen atoms in total. The number of fused-ring (bicyclic) bond motifs is 1. The molecule has 3 rings (SSSR count). The fourth-order valence-corrected chi connectivity index (χ4v) is 2.57. The van der Waals surface area contributed by atoms with E-state index in [4.69, 9.17) is 19.0 Å². The lowest BCUT2D eigenvalue weighted by molar-refractivity contribution is -0.195. The number of nitrogens with one attached hydrogen (secondary N) is 1. The lowest BCUT2D eigenvalue weighted by Gasteiger charge is -2.27. The molecule has 0 aromatic carbocycles. The second-order valence-corrected chi connectivity index (χ2v) is 6.17. The van der Waals surface area contributed by atoms with Crippen molar-refractivity contribution >= 4 is 23.7 Å². The summed E-state index contributed by atoms with van der Waals surface area (Å²) in [6, 6.07) is 1.33. The van der Waals surface area contributed by atoms with Gasteiger partial charge >= 0.3 is 23.6 Å². The average molecular weight is 383 g/mol. The van der Waals surface area contributed by atoms with Crippen LogP contribution in [0.15, 0.2) is 17.1 Å². The van der Waals surface area contributed by atoms with Crippen molar-refractivity contribution in [2.24, 2.45) is 5.92 Å². The number of hydrogen-bond donors (Lipinski definition) is 2. The Balaban J connectivity index is 1.79. The second-order valence-electron chi connectivity index (χ2n) is 6.17. The van der Waals surface area contributed by atoms with Gasteiger partial charge in [-0.1, -0.05) is 13.8 Å². The molecule has 2 aliphatic rings. The molecule has 2 unspecified atom stereocenters. The van der Waals surface area contributed by atoms with Gasteiger partial charge in [0.05, 0.1) is 12.5 Å². The lowest BCUT2D eigenvalue weighted by atomic mass is 10.1. The molecule has 0 spiro atoms. The zero-order valence-corrected chi connectivity index (χ0v) is 14.4. The number of rotatable bonds is 5. The highest BCUT2D eigenvalue weighted by Gasteiger charge is 2.54. The molecule has 27 heavy (non-hydrogen) atoms. The van der Waals surface area contributed by atoms with Crippen LogP contribution in [0.1, 0.15) is 20.1 Å². The molecule has 3 heterocycles. The molecule has 0 aliphatic carbocycles. The van der Waals surface area contributed by atoms with E-state index < -0.39 is 54.7 Å². The van der Waals surface area contributed by atoms with Gasteiger partial charge in [0.25, 0.3) is 0 Å². The predicted octanol–water partition coefficient (Wildman–Crippen LogP) is -1.50. The Kier molecular flexibility index (Phi) is 5.10. The van der Waals surface area contributed by atoms with Crippen LogP contribution >= 0.6 is 0 Å². The van der Waals surface area contributed by atoms with Gasteiger partial charge in [0.1, 0.15) is 6.10 Å². The van der Waals surface area contributed by atoms with Crippen molar-refractivity contribution in [2.45, 2.75) is 38.4 Å². The zero-order chi connectivity index (χ0) is 19.7. The highest BCUT2D eigenvalue weighted by Crippen LogP contribution is 2.35. The van der Waals surface area contributed by atoms with Crippen LogP contribution in [-0.2, 0) is 33.4 Å². The molecule has 4 atom stereocenters. The van der Waals surface area contributed by atoms with Gasteiger partial charge in [0.15, 0.2) is 24.3 Å². The molecule has 1 aromatic rings. The summed E-state index contributed by atoms with van der Waals surface area (Å²) in [4.78, 5) is 55.0. The fourth-order valence-electron chi connectivity index (χ4n) is 2.57. The SMILES string of the molecule is CC(C)C(=O)ONc1ccn([C@@H]2O[C@H](CO)C3OC(=O)C(=O)OC32)c(=O)n1. The summed E-state index contributed by atoms with van der Waals surface area (Å²) >= 11 is 0. The van der Waals surface area contributed by atoms with Crippen molar-refractivity contribution in [3.8, 4) is 0 Å². The van der Waals surface area contributed by atoms with Crippen LogP contribution in [0, 0.1) is 5.92 Å². The lowest BCUT2D eigenvalue weighted by Crippen LogP contribution is -2.48. The number of aromatic nitrogens is 2. The molecule has 2 fully saturated rings. The number of carbonyl (C=O) groups excluding carboxylic acids is 3. The minimum absolute atomic E-state index is 0.0226. The Hall–Kier alpha value is -2.99. The molecular formula is C15H17N3O9. The van der Waals surface area contributed by atoms with E-state index in [0.29, 0.717) is 0 Å². The highest BCUT2D eigenvalue weighted by atomic mass is 16.7. The summed E-state index contributed by atoms with van der Waals surface area (Å²) in [5.41, 5.74) is 1.45. The Bertz CT molecular complexity index is 821. The van der Waals surface area contributed by atoms with Crippen LogP contribution in [0.5, 0.6) is 0 Å². The maximum absolute atomic E-state index is 12.3. The molecule has 0 saturated carbocycles. The molecule has 0 bridgehead atoms. The van der Waals surface area contributed by atoms with Gasteiger partial charge < -0.3 is 24.2 Å². The fraction of sp³-hybridized carbons (Fsp3) is 0.533. The van der Waals surface area contributed by atoms with Crippen molar-refractivity contribution in [1.82, 2.24) is 9.55 Å². The van der Waals surface area contributed by atoms with Crippen molar-refractivity contribution < 1.29 is 38.5 Å². The van der Waals surface area contributed by atoms with Crippen LogP contribution < -0.4 is 11.2 Å². The molecule has 2 N–H and O–H groups in total. The molecule has 2 saturated heterocycles. The van der Waals surface area contributed by atoms with E-state index in [-0.39, 0.29) is 11.7 Å². The number of anilines is 1. The van der Waals surface area contributed by atoms with Crippen molar-refractivity contribution in [3.63, 3.8) is 0 Å². The normalized spacial score (nSPS) is 27.0. The molecular weight excluding hydrogens is 366 g/mol. The topological polar surface area (TPSA) is 155 Å². The van der Waals surface area contributed by atoms with Crippen LogP contribution in [0.4, 0.5) is 5.82 Å². The third-order valence-corrected chi connectivity index (χ3v) is 3.95. The zero-order valence-electron chi connectivity index (χ0n) is 14.4. The minimum Gasteiger partial charge on any atom is -0.447 e. The quantitative estimate of drug-likeness (QED) is 0.264. The van der Waals surface area contributed by atoms with Gasteiger partial charge in [0, 0.05) is 12.3 Å². The first kappa shape index (κ1) is 18.8. The van der Waals surface area contributed by atoms with Crippen molar-refractivity contribution in [3.05, 3.63) is 22.7 Å². The smallest absolute Gasteiger partial charge is 0.418 e. The molecule has 2 aliphatic heterocycles. The second kappa shape index (κ2) is 7.32. The van der Waals surface area contributed by atoms with E-state index in [2.05, 4.69) is 10.5 Å². The number of hydrogen-bond acceptors (Lipinski definition) is 11. The maximum atomic E-state index is 12.3. The van der Waals surface area contributed by atoms with Gasteiger partial charge in [-0.05, 0) is 0 Å². The first-order valence-electron chi connectivity index (χ1n) is 8.05. The molecule has 1 aromatic heterocycles. The summed E-state index contributed by atoms with van der Waals surface area (Å²) in [5.74, 6) is -3.35. The molecule has 0 radical (unpaired) electrons. The average Bonchev–Trinajstić information content (AvgIpc) is 2.97. The molecule has 0 amide bonds. The van der Waals surface area contributed by atoms with E-state index in [0.717, 1.165) is 4.57 Å². The Morgan fingerprint density at radius 3 is 2.56 bits per heavy atom. The summed E-state index contributed by atoms with van der Waals surface area (Å²) in [5, 5.41) is 9.38. The van der Waals surface area contributed by atoms with Crippen LogP contribution in [-0.4, -0.2) is 57.5 Å². The van der Waals surface area contributed by atoms with Crippen LogP contribution in [0.2, 0.25) is 0 Å². The minimum atomic E-state index is -1.22. The Morgan fingerprint density at radius 1 is 1.30 bits per heavy atom. The third-order valence-electron chi connectivity index (χ3n) is 3.95. The van der Waals surface area contributed by atoms with E-state index in [9.17, 15) is 24.3 Å². The summed E-state index contributed by atoms with van der Waals surface area (Å²) < 4.78 is 16.4. The maximum Gasteiger partial charge on any atom is 0.418 e. The predicted molar refractivity (Wildman–Crippen MR) is 83.8 cm³/mol. The van der Waals surface area contributed by atoms with Crippen LogP contribution in [0.3, 0.4) is 0 Å². The van der Waals surface area contributed by atoms with Gasteiger partial charge in [-0.25, -0.2) is 24.7 Å². The number of carbonyl (C=O) groups is 3. The largest absolute Gasteiger partial charge is 0.447 e. The van der Waals surface area contributed by atoms with E-state index in [1.54, 1.807) is 13.8 Å². The number of nitrogens with zero attached hydrogens (tertiary/aromatic N) is 2. The standard InChI is InChI=1S/C15H17N3O9/c1-6(2)12(20)27-17-8-3-4-18(15(23)16-8)11-10-9(7(5-19)24-11)25-13(21)14(22)26-10/h3-4,6-7,9-11,19H,5H2,1-2H3,(H,16,17,23)/t7-,9?,10?,11-/m1/s1. The summed E-state index contributed by atoms with van der Waals surface area (Å²) in [6.45, 7) is 2.76. The summed E-state index contributed by atoms with van der Waals surface area (Å²) in [7, 11) is 0. The van der Waals surface area contributed by atoms with Crippen LogP contribution in [0.25, 0.3) is 0 Å². The number of aliphatic hydroxyl groups is 1. The number of ether oxygens (including phenoxy) is 3. The van der Waals surface area contributed by atoms with Crippen molar-refractivity contribution in [1.29, 1.82) is 0 Å². The van der Waals surface area contributed by atoms with Crippen molar-refractivity contribution in [2.75, 3.05) is 12.1 Å².